The fourth-order valence-electron chi connectivity index (χ4n) is 2.24. The Morgan fingerprint density at radius 3 is 1.92 bits per heavy atom. The predicted octanol–water partition coefficient (Wildman–Crippen LogP) is 3.09. The quantitative estimate of drug-likeness (QED) is 0.248. The molecule has 7 nitrogen and oxygen atoms in total. The van der Waals surface area contributed by atoms with Gasteiger partial charge in [-0.25, -0.2) is 9.59 Å². The van der Waals surface area contributed by atoms with E-state index in [2.05, 4.69) is 22.4 Å². The molecular weight excluding hydrogens is 334 g/mol. The van der Waals surface area contributed by atoms with E-state index in [1.807, 2.05) is 48.5 Å². The molecule has 0 rings (SSSR count). The molecule has 0 aromatic carbocycles. The van der Waals surface area contributed by atoms with Crippen LogP contribution < -0.4 is 5.32 Å². The molecule has 0 heterocycles. The standard InChI is InChI=1S/C16H29NO6S/c1-14(2,3)9-16(7,15(4,5)6)12(19)21-8-11(18)22-10-17-13(20)23-24/h24H,8-10H2,1-7H3,(H,17,20). The van der Waals surface area contributed by atoms with Gasteiger partial charge in [-0.1, -0.05) is 41.5 Å². The summed E-state index contributed by atoms with van der Waals surface area (Å²) in [5, 5.41) is 2.12. The first-order valence-electron chi connectivity index (χ1n) is 7.65. The van der Waals surface area contributed by atoms with Crippen molar-refractivity contribution < 1.29 is 28.0 Å². The normalized spacial score (nSPS) is 14.3. The van der Waals surface area contributed by atoms with E-state index in [4.69, 9.17) is 9.47 Å². The predicted molar refractivity (Wildman–Crippen MR) is 92.2 cm³/mol. The van der Waals surface area contributed by atoms with E-state index in [-0.39, 0.29) is 10.8 Å². The first-order chi connectivity index (χ1) is 10.7. The number of hydrogen-bond acceptors (Lipinski definition) is 7. The number of ether oxygens (including phenoxy) is 2. The second-order valence-corrected chi connectivity index (χ2v) is 8.29. The minimum atomic E-state index is -0.853. The zero-order valence-corrected chi connectivity index (χ0v) is 16.4. The minimum absolute atomic E-state index is 0.0846. The summed E-state index contributed by atoms with van der Waals surface area (Å²) in [5.74, 6) is -1.22. The summed E-state index contributed by atoms with van der Waals surface area (Å²) < 4.78 is 13.9. The van der Waals surface area contributed by atoms with Crippen molar-refractivity contribution in [3.05, 3.63) is 0 Å². The van der Waals surface area contributed by atoms with Crippen molar-refractivity contribution >= 4 is 30.9 Å². The van der Waals surface area contributed by atoms with Crippen LogP contribution in [0.1, 0.15) is 54.9 Å². The van der Waals surface area contributed by atoms with Crippen LogP contribution in [0, 0.1) is 16.2 Å². The Balaban J connectivity index is 4.69. The lowest BCUT2D eigenvalue weighted by molar-refractivity contribution is -0.172. The Morgan fingerprint density at radius 2 is 1.50 bits per heavy atom. The van der Waals surface area contributed by atoms with Gasteiger partial charge in [0.15, 0.2) is 13.3 Å². The third-order valence-electron chi connectivity index (χ3n) is 3.84. The molecule has 0 saturated carbocycles. The lowest BCUT2D eigenvalue weighted by Gasteiger charge is -2.43. The highest BCUT2D eigenvalue weighted by Gasteiger charge is 2.47. The van der Waals surface area contributed by atoms with Crippen LogP contribution in [0.3, 0.4) is 0 Å². The second-order valence-electron chi connectivity index (χ2n) is 8.11. The van der Waals surface area contributed by atoms with Gasteiger partial charge in [-0.2, -0.15) is 0 Å². The maximum atomic E-state index is 12.6. The van der Waals surface area contributed by atoms with Gasteiger partial charge in [0.1, 0.15) is 0 Å². The molecule has 0 spiro atoms. The van der Waals surface area contributed by atoms with Gasteiger partial charge in [0, 0.05) is 12.9 Å². The fraction of sp³-hybridized carbons (Fsp3) is 0.812. The molecule has 0 saturated heterocycles. The van der Waals surface area contributed by atoms with E-state index in [0.717, 1.165) is 0 Å². The highest BCUT2D eigenvalue weighted by molar-refractivity contribution is 7.75. The number of carbonyl (C=O) groups is 3. The Morgan fingerprint density at radius 1 is 0.958 bits per heavy atom. The van der Waals surface area contributed by atoms with Crippen molar-refractivity contribution in [3.63, 3.8) is 0 Å². The molecule has 0 fully saturated rings. The van der Waals surface area contributed by atoms with Gasteiger partial charge in [0.25, 0.3) is 0 Å². The van der Waals surface area contributed by atoms with E-state index in [1.165, 1.54) is 0 Å². The molecule has 0 aliphatic heterocycles. The number of nitrogens with one attached hydrogen (secondary N) is 1. The van der Waals surface area contributed by atoms with E-state index in [0.29, 0.717) is 6.42 Å². The maximum Gasteiger partial charge on any atom is 0.421 e. The van der Waals surface area contributed by atoms with E-state index >= 15 is 0 Å². The SMILES string of the molecule is CC(C)(C)CC(C)(C(=O)OCC(=O)OCNC(=O)OS)C(C)(C)C. The molecular formula is C16H29NO6S. The van der Waals surface area contributed by atoms with Gasteiger partial charge in [0.05, 0.1) is 5.41 Å². The van der Waals surface area contributed by atoms with Crippen LogP contribution in [-0.4, -0.2) is 31.4 Å². The Labute approximate surface area is 149 Å². The van der Waals surface area contributed by atoms with Crippen LogP contribution in [-0.2, 0) is 23.2 Å². The van der Waals surface area contributed by atoms with Crippen molar-refractivity contribution in [2.45, 2.75) is 54.9 Å². The van der Waals surface area contributed by atoms with Crippen molar-refractivity contribution in [3.8, 4) is 0 Å². The summed E-state index contributed by atoms with van der Waals surface area (Å²) in [6, 6.07) is 0. The Bertz CT molecular complexity index is 466. The van der Waals surface area contributed by atoms with Crippen LogP contribution in [0.2, 0.25) is 0 Å². The number of amides is 1. The molecule has 1 atom stereocenters. The van der Waals surface area contributed by atoms with Crippen LogP contribution in [0.4, 0.5) is 4.79 Å². The molecule has 0 radical (unpaired) electrons. The lowest BCUT2D eigenvalue weighted by Crippen LogP contribution is -2.44. The molecule has 0 aromatic rings. The van der Waals surface area contributed by atoms with Crippen molar-refractivity contribution in [1.29, 1.82) is 0 Å². The summed E-state index contributed by atoms with van der Waals surface area (Å²) in [5.41, 5.74) is -1.20. The second kappa shape index (κ2) is 8.60. The third kappa shape index (κ3) is 7.42. The highest BCUT2D eigenvalue weighted by atomic mass is 32.1. The molecule has 140 valence electrons. The van der Waals surface area contributed by atoms with Crippen LogP contribution in [0.25, 0.3) is 0 Å². The third-order valence-corrected chi connectivity index (χ3v) is 4.01. The van der Waals surface area contributed by atoms with Gasteiger partial charge >= 0.3 is 18.0 Å². The summed E-state index contributed by atoms with van der Waals surface area (Å²) in [6.07, 6.45) is -0.249. The number of carbonyl (C=O) groups excluding carboxylic acids is 3. The summed E-state index contributed by atoms with van der Waals surface area (Å²) in [4.78, 5) is 34.9. The molecule has 1 unspecified atom stereocenters. The largest absolute Gasteiger partial charge is 0.453 e. The first kappa shape index (κ1) is 22.6. The average molecular weight is 363 g/mol. The molecule has 0 aliphatic carbocycles. The number of hydrogen-bond donors (Lipinski definition) is 2. The number of rotatable bonds is 6. The van der Waals surface area contributed by atoms with Gasteiger partial charge in [0.2, 0.25) is 0 Å². The van der Waals surface area contributed by atoms with E-state index in [1.54, 1.807) is 0 Å². The lowest BCUT2D eigenvalue weighted by atomic mass is 9.61. The van der Waals surface area contributed by atoms with Gasteiger partial charge < -0.3 is 13.7 Å². The maximum absolute atomic E-state index is 12.6. The summed E-state index contributed by atoms with van der Waals surface area (Å²) in [6.45, 7) is 13.0. The molecule has 8 heteroatoms. The molecule has 1 N–H and O–H groups in total. The molecule has 24 heavy (non-hydrogen) atoms. The smallest absolute Gasteiger partial charge is 0.421 e. The van der Waals surface area contributed by atoms with Gasteiger partial charge in [-0.3, -0.25) is 10.1 Å². The molecule has 0 aromatic heterocycles. The summed E-state index contributed by atoms with van der Waals surface area (Å²) >= 11 is 3.28. The molecule has 1 amide bonds. The van der Waals surface area contributed by atoms with Crippen molar-refractivity contribution in [1.82, 2.24) is 5.32 Å². The van der Waals surface area contributed by atoms with Crippen LogP contribution >= 0.6 is 12.9 Å². The minimum Gasteiger partial charge on any atom is -0.453 e. The van der Waals surface area contributed by atoms with Crippen molar-refractivity contribution in [2.24, 2.45) is 16.2 Å². The van der Waals surface area contributed by atoms with E-state index in [9.17, 15) is 14.4 Å². The van der Waals surface area contributed by atoms with Crippen LogP contribution in [0.15, 0.2) is 0 Å². The Kier molecular flexibility index (Phi) is 8.08. The fourth-order valence-corrected chi connectivity index (χ4v) is 2.30. The summed E-state index contributed by atoms with van der Waals surface area (Å²) in [7, 11) is 0. The number of esters is 2. The van der Waals surface area contributed by atoms with E-state index < -0.39 is 36.8 Å². The number of thiol groups is 1. The average Bonchev–Trinajstić information content (AvgIpc) is 2.41. The monoisotopic (exact) mass is 363 g/mol. The highest BCUT2D eigenvalue weighted by Crippen LogP contribution is 2.47. The topological polar surface area (TPSA) is 90.9 Å². The van der Waals surface area contributed by atoms with Crippen LogP contribution in [0.5, 0.6) is 0 Å². The zero-order chi connectivity index (χ0) is 19.2. The Hall–Kier alpha value is -1.44. The molecule has 0 aliphatic rings. The van der Waals surface area contributed by atoms with Gasteiger partial charge in [-0.15, -0.1) is 0 Å². The first-order valence-corrected chi connectivity index (χ1v) is 8.01. The zero-order valence-electron chi connectivity index (χ0n) is 15.5. The van der Waals surface area contributed by atoms with Gasteiger partial charge in [-0.05, 0) is 24.2 Å². The molecule has 0 bridgehead atoms. The van der Waals surface area contributed by atoms with Crippen molar-refractivity contribution in [2.75, 3.05) is 13.3 Å².